The Morgan fingerprint density at radius 2 is 1.94 bits per heavy atom. The summed E-state index contributed by atoms with van der Waals surface area (Å²) in [5.74, 6) is -2.10. The largest absolute Gasteiger partial charge is 0.492 e. The highest BCUT2D eigenvalue weighted by molar-refractivity contribution is 14.1. The minimum atomic E-state index is -0.836. The molecule has 6 nitrogen and oxygen atoms in total. The number of hydrogen-bond acceptors (Lipinski definition) is 5. The number of ether oxygens (including phenoxy) is 1. The van der Waals surface area contributed by atoms with E-state index in [1.54, 1.807) is 6.07 Å². The fourth-order valence-corrected chi connectivity index (χ4v) is 4.07. The van der Waals surface area contributed by atoms with Crippen LogP contribution in [0.1, 0.15) is 36.0 Å². The average molecular weight is 545 g/mol. The van der Waals surface area contributed by atoms with Crippen molar-refractivity contribution in [3.63, 3.8) is 0 Å². The van der Waals surface area contributed by atoms with E-state index >= 15 is 0 Å². The molecule has 0 spiro atoms. The number of carbonyl (C=O) groups is 1. The molecule has 1 aliphatic rings. The van der Waals surface area contributed by atoms with Crippen molar-refractivity contribution in [1.29, 1.82) is 0 Å². The Morgan fingerprint density at radius 3 is 2.61 bits per heavy atom. The van der Waals surface area contributed by atoms with Gasteiger partial charge in [0.25, 0.3) is 5.91 Å². The van der Waals surface area contributed by atoms with Crippen molar-refractivity contribution < 1.29 is 23.4 Å². The lowest BCUT2D eigenvalue weighted by molar-refractivity contribution is 0.0823. The number of aliphatic hydroxyl groups is 1. The van der Waals surface area contributed by atoms with Crippen LogP contribution in [-0.2, 0) is 0 Å². The van der Waals surface area contributed by atoms with E-state index in [0.717, 1.165) is 38.1 Å². The van der Waals surface area contributed by atoms with Gasteiger partial charge in [-0.15, -0.1) is 0 Å². The zero-order valence-electron chi connectivity index (χ0n) is 17.0. The van der Waals surface area contributed by atoms with E-state index < -0.39 is 23.6 Å². The first kappa shape index (κ1) is 23.7. The number of rotatable bonds is 9. The monoisotopic (exact) mass is 545 g/mol. The summed E-state index contributed by atoms with van der Waals surface area (Å²) in [4.78, 5) is 14.3. The molecular formula is C22H26F2IN3O3. The van der Waals surface area contributed by atoms with Crippen LogP contribution in [0.15, 0.2) is 30.3 Å². The van der Waals surface area contributed by atoms with Gasteiger partial charge >= 0.3 is 0 Å². The number of halogens is 3. The number of nitrogens with two attached hydrogens (primary N) is 1. The molecule has 4 N–H and O–H groups in total. The first-order valence-electron chi connectivity index (χ1n) is 10.2. The van der Waals surface area contributed by atoms with Gasteiger partial charge in [-0.1, -0.05) is 6.42 Å². The second-order valence-corrected chi connectivity index (χ2v) is 8.84. The average Bonchev–Trinajstić information content (AvgIpc) is 2.70. The summed E-state index contributed by atoms with van der Waals surface area (Å²) in [6.45, 7) is 2.57. The van der Waals surface area contributed by atoms with Crippen LogP contribution in [0, 0.1) is 15.2 Å². The zero-order chi connectivity index (χ0) is 22.4. The zero-order valence-corrected chi connectivity index (χ0v) is 19.2. The number of nitrogens with one attached hydrogen (secondary N) is 1. The van der Waals surface area contributed by atoms with Gasteiger partial charge in [0.15, 0.2) is 0 Å². The maximum absolute atomic E-state index is 14.2. The van der Waals surface area contributed by atoms with Crippen molar-refractivity contribution in [1.82, 2.24) is 4.90 Å². The number of carbonyl (C=O) groups excluding carboxylic acids is 1. The fraction of sp³-hybridized carbons (Fsp3) is 0.409. The van der Waals surface area contributed by atoms with Crippen LogP contribution in [0.2, 0.25) is 0 Å². The molecule has 1 amide bonds. The molecule has 1 atom stereocenters. The van der Waals surface area contributed by atoms with Crippen molar-refractivity contribution in [2.24, 2.45) is 5.73 Å². The van der Waals surface area contributed by atoms with Gasteiger partial charge in [0.05, 0.1) is 24.1 Å². The molecule has 1 unspecified atom stereocenters. The number of aliphatic hydroxyl groups excluding tert-OH is 1. The number of nitrogens with zero attached hydrogens (tertiary/aromatic N) is 1. The van der Waals surface area contributed by atoms with Crippen molar-refractivity contribution >= 4 is 39.9 Å². The van der Waals surface area contributed by atoms with Gasteiger partial charge in [-0.2, -0.15) is 0 Å². The summed E-state index contributed by atoms with van der Waals surface area (Å²) in [6.07, 6.45) is 3.20. The van der Waals surface area contributed by atoms with E-state index in [1.165, 1.54) is 18.6 Å². The third-order valence-electron chi connectivity index (χ3n) is 5.14. The molecule has 0 aromatic heterocycles. The molecule has 1 heterocycles. The van der Waals surface area contributed by atoms with Gasteiger partial charge in [-0.3, -0.25) is 4.79 Å². The second kappa shape index (κ2) is 11.1. The smallest absolute Gasteiger partial charge is 0.254 e. The third kappa shape index (κ3) is 6.75. The lowest BCUT2D eigenvalue weighted by Gasteiger charge is -2.28. The normalized spacial score (nSPS) is 15.5. The van der Waals surface area contributed by atoms with Crippen molar-refractivity contribution in [3.8, 4) is 5.75 Å². The topological polar surface area (TPSA) is 87.8 Å². The summed E-state index contributed by atoms with van der Waals surface area (Å²) in [5, 5.41) is 13.0. The van der Waals surface area contributed by atoms with Crippen molar-refractivity contribution in [2.75, 3.05) is 31.6 Å². The van der Waals surface area contributed by atoms with E-state index in [9.17, 15) is 18.7 Å². The van der Waals surface area contributed by atoms with Crippen LogP contribution in [0.3, 0.4) is 0 Å². The number of anilines is 2. The first-order chi connectivity index (χ1) is 14.8. The predicted molar refractivity (Wildman–Crippen MR) is 124 cm³/mol. The van der Waals surface area contributed by atoms with Gasteiger partial charge in [0, 0.05) is 22.6 Å². The van der Waals surface area contributed by atoms with E-state index in [4.69, 9.17) is 10.5 Å². The van der Waals surface area contributed by atoms with E-state index in [0.29, 0.717) is 16.5 Å². The van der Waals surface area contributed by atoms with Crippen molar-refractivity contribution in [3.05, 3.63) is 51.1 Å². The molecule has 9 heteroatoms. The number of piperidine rings is 1. The molecule has 168 valence electrons. The molecule has 1 fully saturated rings. The molecule has 0 bridgehead atoms. The van der Waals surface area contributed by atoms with E-state index in [1.807, 2.05) is 22.6 Å². The number of likely N-dealkylation sites (tertiary alicyclic amines) is 1. The Balaban J connectivity index is 1.70. The molecule has 1 saturated heterocycles. The van der Waals surface area contributed by atoms with Gasteiger partial charge in [0.2, 0.25) is 0 Å². The van der Waals surface area contributed by atoms with Crippen molar-refractivity contribution in [2.45, 2.75) is 31.8 Å². The highest BCUT2D eigenvalue weighted by Crippen LogP contribution is 2.32. The van der Waals surface area contributed by atoms with Crippen LogP contribution in [0.4, 0.5) is 20.2 Å². The number of primary amides is 1. The van der Waals surface area contributed by atoms with E-state index in [2.05, 4.69) is 10.2 Å². The summed E-state index contributed by atoms with van der Waals surface area (Å²) in [7, 11) is 0. The van der Waals surface area contributed by atoms with Crippen LogP contribution in [0.5, 0.6) is 5.75 Å². The summed E-state index contributed by atoms with van der Waals surface area (Å²) in [5.41, 5.74) is 5.52. The fourth-order valence-electron chi connectivity index (χ4n) is 3.62. The highest BCUT2D eigenvalue weighted by Gasteiger charge is 2.20. The number of amides is 1. The Kier molecular flexibility index (Phi) is 8.44. The highest BCUT2D eigenvalue weighted by atomic mass is 127. The number of β-amino-alcohol motifs (C(OH)–C–C–N with tert-alkyl or cyclic N) is 1. The molecular weight excluding hydrogens is 519 g/mol. The van der Waals surface area contributed by atoms with Gasteiger partial charge in [-0.25, -0.2) is 8.78 Å². The Morgan fingerprint density at radius 1 is 1.19 bits per heavy atom. The summed E-state index contributed by atoms with van der Waals surface area (Å²) < 4.78 is 34.7. The number of benzene rings is 2. The molecule has 1 aliphatic heterocycles. The minimum Gasteiger partial charge on any atom is -0.492 e. The van der Waals surface area contributed by atoms with E-state index in [-0.39, 0.29) is 29.3 Å². The van der Waals surface area contributed by atoms with Crippen LogP contribution >= 0.6 is 22.6 Å². The third-order valence-corrected chi connectivity index (χ3v) is 5.81. The summed E-state index contributed by atoms with van der Waals surface area (Å²) in [6, 6.07) is 6.61. The van der Waals surface area contributed by atoms with Crippen LogP contribution < -0.4 is 15.8 Å². The Labute approximate surface area is 193 Å². The maximum atomic E-state index is 14.2. The lowest BCUT2D eigenvalue weighted by Crippen LogP contribution is -2.36. The van der Waals surface area contributed by atoms with Gasteiger partial charge < -0.3 is 25.8 Å². The van der Waals surface area contributed by atoms with Crippen LogP contribution in [-0.4, -0.2) is 48.3 Å². The first-order valence-corrected chi connectivity index (χ1v) is 11.3. The van der Waals surface area contributed by atoms with Gasteiger partial charge in [-0.05, 0) is 72.8 Å². The number of hydrogen-bond donors (Lipinski definition) is 3. The SMILES string of the molecule is NC(=O)c1c(Nc2ccc(I)cc2F)cc(F)cc1OCCC(O)CN1CCCCC1. The molecule has 0 aliphatic carbocycles. The Hall–Kier alpha value is -1.98. The minimum absolute atomic E-state index is 0.0106. The van der Waals surface area contributed by atoms with Crippen LogP contribution in [0.25, 0.3) is 0 Å². The molecule has 2 aromatic carbocycles. The van der Waals surface area contributed by atoms with Gasteiger partial charge in [0.1, 0.15) is 22.9 Å². The quantitative estimate of drug-likeness (QED) is 0.415. The molecule has 0 radical (unpaired) electrons. The maximum Gasteiger partial charge on any atom is 0.254 e. The molecule has 31 heavy (non-hydrogen) atoms. The summed E-state index contributed by atoms with van der Waals surface area (Å²) >= 11 is 1.97. The molecule has 0 saturated carbocycles. The second-order valence-electron chi connectivity index (χ2n) is 7.59. The standard InChI is InChI=1S/C22H26F2IN3O3/c23-14-10-19(27-18-5-4-15(25)12-17(18)24)21(22(26)30)20(11-14)31-9-6-16(29)13-28-7-2-1-3-8-28/h4-5,10-12,16,27,29H,1-3,6-9,13H2,(H2,26,30). The lowest BCUT2D eigenvalue weighted by atomic mass is 10.1. The predicted octanol–water partition coefficient (Wildman–Crippen LogP) is 4.03. The molecule has 3 rings (SSSR count). The molecule has 2 aromatic rings. The Bertz CT molecular complexity index is 923.